The number of aromatic amines is 1. The molecule has 6 N–H and O–H groups in total. The van der Waals surface area contributed by atoms with E-state index in [9.17, 15) is 14.7 Å². The number of anilines is 1. The minimum Gasteiger partial charge on any atom is -0.504 e. The lowest BCUT2D eigenvalue weighted by molar-refractivity contribution is -0.131. The second-order valence-electron chi connectivity index (χ2n) is 8.10. The van der Waals surface area contributed by atoms with E-state index in [1.165, 1.54) is 69.8 Å². The number of halogens is 1. The number of carbonyl (C=O) groups excluding carboxylic acids is 1. The van der Waals surface area contributed by atoms with Crippen molar-refractivity contribution in [1.29, 1.82) is 5.41 Å². The highest BCUT2D eigenvalue weighted by molar-refractivity contribution is 5.98. The van der Waals surface area contributed by atoms with Gasteiger partial charge in [0.15, 0.2) is 23.1 Å². The molecular formula is C25H24FN7O6. The summed E-state index contributed by atoms with van der Waals surface area (Å²) in [5.74, 6) is -2.15. The molecule has 0 spiro atoms. The fourth-order valence-electron chi connectivity index (χ4n) is 3.77. The molecule has 14 heteroatoms. The van der Waals surface area contributed by atoms with Crippen LogP contribution in [0.5, 0.6) is 23.0 Å². The molecule has 4 aromatic rings. The number of nitrogen functional groups attached to an aromatic ring is 1. The number of nitrogens with zero attached hydrogens (tertiary/aromatic N) is 3. The Kier molecular flexibility index (Phi) is 7.46. The number of pyridine rings is 1. The molecule has 0 saturated heterocycles. The highest BCUT2D eigenvalue weighted by Crippen LogP contribution is 2.35. The van der Waals surface area contributed by atoms with Crippen LogP contribution in [0.15, 0.2) is 53.5 Å². The maximum absolute atomic E-state index is 15.6. The first-order valence-corrected chi connectivity index (χ1v) is 11.3. The van der Waals surface area contributed by atoms with Gasteiger partial charge in [-0.25, -0.2) is 14.2 Å². The van der Waals surface area contributed by atoms with Crippen LogP contribution in [-0.2, 0) is 4.79 Å². The van der Waals surface area contributed by atoms with E-state index >= 15 is 4.39 Å². The number of rotatable bonds is 9. The van der Waals surface area contributed by atoms with Gasteiger partial charge in [-0.3, -0.25) is 15.2 Å². The SMILES string of the molecule is COc1cc(OC)c(F)c([C@H](Nc2ccc(C(=N)N)c(OC(C)=O)c2)c2nn(-c3ncccc3O)c(=O)[nH]2)c1. The van der Waals surface area contributed by atoms with Crippen molar-refractivity contribution >= 4 is 17.5 Å². The number of methoxy groups -OCH3 is 2. The molecule has 1 atom stereocenters. The lowest BCUT2D eigenvalue weighted by Crippen LogP contribution is -2.18. The van der Waals surface area contributed by atoms with Crippen LogP contribution in [0, 0.1) is 11.2 Å². The van der Waals surface area contributed by atoms with Gasteiger partial charge in [0.1, 0.15) is 23.4 Å². The van der Waals surface area contributed by atoms with Crippen molar-refractivity contribution in [3.8, 4) is 28.8 Å². The number of ether oxygens (including phenoxy) is 3. The van der Waals surface area contributed by atoms with Crippen LogP contribution in [-0.4, -0.2) is 50.9 Å². The second kappa shape index (κ2) is 10.9. The van der Waals surface area contributed by atoms with Crippen molar-refractivity contribution in [2.45, 2.75) is 13.0 Å². The molecule has 202 valence electrons. The minimum absolute atomic E-state index is 0.0140. The molecule has 0 aliphatic carbocycles. The number of hydrogen-bond donors (Lipinski definition) is 5. The maximum atomic E-state index is 15.6. The number of carbonyl (C=O) groups is 1. The number of nitrogens with one attached hydrogen (secondary N) is 3. The van der Waals surface area contributed by atoms with Gasteiger partial charge in [0.25, 0.3) is 0 Å². The molecule has 0 radical (unpaired) electrons. The van der Waals surface area contributed by atoms with E-state index in [0.717, 1.165) is 4.68 Å². The van der Waals surface area contributed by atoms with Crippen molar-refractivity contribution in [3.05, 3.63) is 81.9 Å². The van der Waals surface area contributed by atoms with E-state index in [1.807, 2.05) is 0 Å². The van der Waals surface area contributed by atoms with Crippen molar-refractivity contribution < 1.29 is 28.5 Å². The highest BCUT2D eigenvalue weighted by Gasteiger charge is 2.27. The Balaban J connectivity index is 1.90. The van der Waals surface area contributed by atoms with Gasteiger partial charge in [-0.05, 0) is 30.3 Å². The summed E-state index contributed by atoms with van der Waals surface area (Å²) in [7, 11) is 2.68. The lowest BCUT2D eigenvalue weighted by atomic mass is 10.0. The summed E-state index contributed by atoms with van der Waals surface area (Å²) in [5.41, 5.74) is 5.28. The van der Waals surface area contributed by atoms with E-state index < -0.39 is 23.5 Å². The molecule has 0 unspecified atom stereocenters. The average molecular weight is 538 g/mol. The van der Waals surface area contributed by atoms with Crippen LogP contribution in [0.4, 0.5) is 10.1 Å². The fourth-order valence-corrected chi connectivity index (χ4v) is 3.77. The Morgan fingerprint density at radius 2 is 1.97 bits per heavy atom. The van der Waals surface area contributed by atoms with Crippen LogP contribution in [0.2, 0.25) is 0 Å². The molecule has 0 amide bonds. The van der Waals surface area contributed by atoms with Crippen LogP contribution in [0.1, 0.15) is 29.9 Å². The smallest absolute Gasteiger partial charge is 0.349 e. The molecule has 2 aromatic heterocycles. The Labute approximate surface area is 220 Å². The first-order chi connectivity index (χ1) is 18.6. The number of amidine groups is 1. The van der Waals surface area contributed by atoms with Crippen LogP contribution >= 0.6 is 0 Å². The Bertz CT molecular complexity index is 1620. The first kappa shape index (κ1) is 26.7. The molecule has 4 rings (SSSR count). The summed E-state index contributed by atoms with van der Waals surface area (Å²) in [6.45, 7) is 1.19. The zero-order valence-electron chi connectivity index (χ0n) is 21.0. The average Bonchev–Trinajstić information content (AvgIpc) is 3.28. The first-order valence-electron chi connectivity index (χ1n) is 11.3. The van der Waals surface area contributed by atoms with Crippen molar-refractivity contribution in [2.75, 3.05) is 19.5 Å². The highest BCUT2D eigenvalue weighted by atomic mass is 19.1. The number of esters is 1. The molecule has 0 aliphatic rings. The third-order valence-electron chi connectivity index (χ3n) is 5.52. The molecule has 2 heterocycles. The summed E-state index contributed by atoms with van der Waals surface area (Å²) < 4.78 is 32.1. The van der Waals surface area contributed by atoms with Gasteiger partial charge in [-0.15, -0.1) is 5.10 Å². The number of hydrogen-bond acceptors (Lipinski definition) is 10. The summed E-state index contributed by atoms with van der Waals surface area (Å²) >= 11 is 0. The lowest BCUT2D eigenvalue weighted by Gasteiger charge is -2.21. The Morgan fingerprint density at radius 3 is 2.62 bits per heavy atom. The zero-order valence-corrected chi connectivity index (χ0v) is 21.0. The summed E-state index contributed by atoms with van der Waals surface area (Å²) in [5, 5.41) is 25.3. The van der Waals surface area contributed by atoms with Gasteiger partial charge in [0.05, 0.1) is 19.8 Å². The third-order valence-corrected chi connectivity index (χ3v) is 5.52. The number of aromatic hydroxyl groups is 1. The molecular weight excluding hydrogens is 513 g/mol. The molecule has 13 nitrogen and oxygen atoms in total. The standard InChI is InChI=1S/C25H24FN7O6/c1-12(34)39-18-9-13(6-7-15(18)22(27)28)30-21(16-10-14(37-2)11-19(38-3)20(16)26)23-31-25(36)33(32-23)24-17(35)5-4-8-29-24/h4-11,21,30,35H,1-3H3,(H3,27,28)(H,31,32,36)/t21-/m0/s1. The quantitative estimate of drug-likeness (QED) is 0.0916. The molecule has 0 aliphatic heterocycles. The van der Waals surface area contributed by atoms with E-state index in [0.29, 0.717) is 5.69 Å². The van der Waals surface area contributed by atoms with E-state index in [1.54, 1.807) is 0 Å². The van der Waals surface area contributed by atoms with Crippen molar-refractivity contribution in [3.63, 3.8) is 0 Å². The number of H-pyrrole nitrogens is 1. The second-order valence-corrected chi connectivity index (χ2v) is 8.10. The summed E-state index contributed by atoms with van der Waals surface area (Å²) in [4.78, 5) is 31.0. The number of aromatic nitrogens is 4. The van der Waals surface area contributed by atoms with Gasteiger partial charge in [0, 0.05) is 36.5 Å². The summed E-state index contributed by atoms with van der Waals surface area (Å²) in [6.07, 6.45) is 1.37. The molecule has 0 bridgehead atoms. The number of benzene rings is 2. The van der Waals surface area contributed by atoms with E-state index in [-0.39, 0.29) is 51.6 Å². The molecule has 0 saturated carbocycles. The van der Waals surface area contributed by atoms with Gasteiger partial charge in [0.2, 0.25) is 5.82 Å². The monoisotopic (exact) mass is 537 g/mol. The van der Waals surface area contributed by atoms with Gasteiger partial charge in [-0.2, -0.15) is 4.68 Å². The topological polar surface area (TPSA) is 190 Å². The largest absolute Gasteiger partial charge is 0.504 e. The van der Waals surface area contributed by atoms with E-state index in [4.69, 9.17) is 25.4 Å². The van der Waals surface area contributed by atoms with Crippen molar-refractivity contribution in [2.24, 2.45) is 5.73 Å². The van der Waals surface area contributed by atoms with Gasteiger partial charge >= 0.3 is 11.7 Å². The predicted octanol–water partition coefficient (Wildman–Crippen LogP) is 2.23. The number of nitrogens with two attached hydrogens (primary N) is 1. The van der Waals surface area contributed by atoms with Crippen molar-refractivity contribution in [1.82, 2.24) is 19.7 Å². The van der Waals surface area contributed by atoms with Gasteiger partial charge < -0.3 is 30.4 Å². The van der Waals surface area contributed by atoms with Crippen LogP contribution in [0.25, 0.3) is 5.82 Å². The molecule has 2 aromatic carbocycles. The Hall–Kier alpha value is -5.40. The predicted molar refractivity (Wildman–Crippen MR) is 137 cm³/mol. The summed E-state index contributed by atoms with van der Waals surface area (Å²) in [6, 6.07) is 8.72. The maximum Gasteiger partial charge on any atom is 0.349 e. The van der Waals surface area contributed by atoms with Crippen LogP contribution in [0.3, 0.4) is 0 Å². The normalized spacial score (nSPS) is 11.5. The minimum atomic E-state index is -1.18. The van der Waals surface area contributed by atoms with Crippen LogP contribution < -0.4 is 31.0 Å². The fraction of sp³-hybridized carbons (Fsp3) is 0.160. The third kappa shape index (κ3) is 5.49. The Morgan fingerprint density at radius 1 is 1.21 bits per heavy atom. The van der Waals surface area contributed by atoms with E-state index in [2.05, 4.69) is 20.4 Å². The van der Waals surface area contributed by atoms with Gasteiger partial charge in [-0.1, -0.05) is 0 Å². The molecule has 0 fully saturated rings. The zero-order chi connectivity index (χ0) is 28.3. The molecule has 39 heavy (non-hydrogen) atoms.